The van der Waals surface area contributed by atoms with Crippen molar-refractivity contribution in [2.24, 2.45) is 7.05 Å². The first-order chi connectivity index (χ1) is 12.6. The molecule has 0 fully saturated rings. The summed E-state index contributed by atoms with van der Waals surface area (Å²) in [6.45, 7) is 0.0831. The maximum Gasteiger partial charge on any atom is 0.205 e. The SMILES string of the molecule is Cn1cc(COc2c(O)ccc3c(=O)cc(-c4ccccc4)oc23)nn1. The third-order valence-electron chi connectivity index (χ3n) is 3.90. The molecule has 0 atom stereocenters. The summed E-state index contributed by atoms with van der Waals surface area (Å²) in [5.74, 6) is 0.385. The van der Waals surface area contributed by atoms with Crippen molar-refractivity contribution in [1.29, 1.82) is 0 Å². The lowest BCUT2D eigenvalue weighted by atomic mass is 10.1. The quantitative estimate of drug-likeness (QED) is 0.609. The molecule has 2 aromatic heterocycles. The number of phenolic OH excluding ortho intramolecular Hbond substituents is 1. The van der Waals surface area contributed by atoms with E-state index in [1.165, 1.54) is 18.2 Å². The molecule has 0 aliphatic carbocycles. The predicted molar refractivity (Wildman–Crippen MR) is 94.9 cm³/mol. The predicted octanol–water partition coefficient (Wildman–Crippen LogP) is 2.87. The molecule has 130 valence electrons. The molecule has 7 heteroatoms. The summed E-state index contributed by atoms with van der Waals surface area (Å²) in [6.07, 6.45) is 1.70. The van der Waals surface area contributed by atoms with Crippen molar-refractivity contribution in [3.8, 4) is 22.8 Å². The van der Waals surface area contributed by atoms with Gasteiger partial charge >= 0.3 is 0 Å². The van der Waals surface area contributed by atoms with Gasteiger partial charge in [0.2, 0.25) is 5.75 Å². The molecule has 7 nitrogen and oxygen atoms in total. The van der Waals surface area contributed by atoms with Crippen LogP contribution in [0.15, 0.2) is 63.9 Å². The van der Waals surface area contributed by atoms with Gasteiger partial charge in [-0.1, -0.05) is 35.5 Å². The number of ether oxygens (including phenoxy) is 1. The second kappa shape index (κ2) is 6.36. The van der Waals surface area contributed by atoms with Gasteiger partial charge in [0.25, 0.3) is 0 Å². The van der Waals surface area contributed by atoms with Crippen LogP contribution in [0.3, 0.4) is 0 Å². The van der Waals surface area contributed by atoms with E-state index in [0.29, 0.717) is 16.8 Å². The van der Waals surface area contributed by atoms with Crippen molar-refractivity contribution < 1.29 is 14.3 Å². The number of hydrogen-bond acceptors (Lipinski definition) is 6. The Balaban J connectivity index is 1.81. The summed E-state index contributed by atoms with van der Waals surface area (Å²) in [5.41, 5.74) is 1.33. The van der Waals surface area contributed by atoms with Gasteiger partial charge in [0.05, 0.1) is 11.6 Å². The van der Waals surface area contributed by atoms with Gasteiger partial charge in [-0.3, -0.25) is 9.48 Å². The molecule has 2 heterocycles. The molecule has 1 N–H and O–H groups in total. The first-order valence-corrected chi connectivity index (χ1v) is 7.95. The molecule has 0 radical (unpaired) electrons. The Labute approximate surface area is 148 Å². The molecular formula is C19H15N3O4. The number of aromatic hydroxyl groups is 1. The second-order valence-corrected chi connectivity index (χ2v) is 5.80. The van der Waals surface area contributed by atoms with Crippen molar-refractivity contribution in [3.05, 3.63) is 70.6 Å². The topological polar surface area (TPSA) is 90.4 Å². The molecule has 0 saturated heterocycles. The van der Waals surface area contributed by atoms with E-state index >= 15 is 0 Å². The highest BCUT2D eigenvalue weighted by molar-refractivity contribution is 5.86. The molecule has 26 heavy (non-hydrogen) atoms. The van der Waals surface area contributed by atoms with Crippen LogP contribution in [0.2, 0.25) is 0 Å². The molecular weight excluding hydrogens is 334 g/mol. The van der Waals surface area contributed by atoms with Gasteiger partial charge in [0, 0.05) is 18.7 Å². The number of nitrogens with zero attached hydrogens (tertiary/aromatic N) is 3. The highest BCUT2D eigenvalue weighted by Crippen LogP contribution is 2.36. The number of benzene rings is 2. The lowest BCUT2D eigenvalue weighted by molar-refractivity contribution is 0.284. The first-order valence-electron chi connectivity index (χ1n) is 7.95. The third-order valence-corrected chi connectivity index (χ3v) is 3.90. The molecule has 0 amide bonds. The van der Waals surface area contributed by atoms with Crippen molar-refractivity contribution in [2.75, 3.05) is 0 Å². The zero-order valence-corrected chi connectivity index (χ0v) is 13.9. The molecule has 0 aliphatic rings. The zero-order valence-electron chi connectivity index (χ0n) is 13.9. The average Bonchev–Trinajstić information content (AvgIpc) is 3.06. The van der Waals surface area contributed by atoms with Gasteiger partial charge in [-0.25, -0.2) is 0 Å². The Bertz CT molecular complexity index is 1130. The number of phenols is 1. The number of fused-ring (bicyclic) bond motifs is 1. The van der Waals surface area contributed by atoms with Gasteiger partial charge in [-0.05, 0) is 12.1 Å². The Morgan fingerprint density at radius 2 is 2.00 bits per heavy atom. The van der Waals surface area contributed by atoms with Gasteiger partial charge in [-0.2, -0.15) is 0 Å². The zero-order chi connectivity index (χ0) is 18.1. The van der Waals surface area contributed by atoms with Crippen LogP contribution in [0.4, 0.5) is 0 Å². The Kier molecular flexibility index (Phi) is 3.89. The molecule has 4 rings (SSSR count). The number of aryl methyl sites for hydroxylation is 1. The van der Waals surface area contributed by atoms with Gasteiger partial charge in [0.15, 0.2) is 16.8 Å². The first kappa shape index (κ1) is 15.9. The molecule has 4 aromatic rings. The van der Waals surface area contributed by atoms with Crippen LogP contribution in [0.1, 0.15) is 5.69 Å². The second-order valence-electron chi connectivity index (χ2n) is 5.80. The minimum absolute atomic E-state index is 0.0831. The van der Waals surface area contributed by atoms with E-state index in [9.17, 15) is 9.90 Å². The molecule has 0 saturated carbocycles. The Hall–Kier alpha value is -3.61. The molecule has 0 spiro atoms. The fraction of sp³-hybridized carbons (Fsp3) is 0.105. The van der Waals surface area contributed by atoms with E-state index in [4.69, 9.17) is 9.15 Å². The summed E-state index contributed by atoms with van der Waals surface area (Å²) < 4.78 is 13.2. The van der Waals surface area contributed by atoms with Crippen LogP contribution in [-0.2, 0) is 13.7 Å². The van der Waals surface area contributed by atoms with E-state index in [2.05, 4.69) is 10.3 Å². The monoisotopic (exact) mass is 349 g/mol. The summed E-state index contributed by atoms with van der Waals surface area (Å²) in [4.78, 5) is 12.5. The third kappa shape index (κ3) is 2.90. The van der Waals surface area contributed by atoms with Crippen LogP contribution in [0, 0.1) is 0 Å². The fourth-order valence-corrected chi connectivity index (χ4v) is 2.68. The Morgan fingerprint density at radius 1 is 1.19 bits per heavy atom. The normalized spacial score (nSPS) is 11.0. The summed E-state index contributed by atoms with van der Waals surface area (Å²) >= 11 is 0. The van der Waals surface area contributed by atoms with Crippen molar-refractivity contribution >= 4 is 11.0 Å². The summed E-state index contributed by atoms with van der Waals surface area (Å²) in [6, 6.07) is 13.6. The lowest BCUT2D eigenvalue weighted by Gasteiger charge is -2.10. The maximum atomic E-state index is 12.5. The summed E-state index contributed by atoms with van der Waals surface area (Å²) in [5, 5.41) is 18.3. The molecule has 0 aliphatic heterocycles. The minimum Gasteiger partial charge on any atom is -0.504 e. The van der Waals surface area contributed by atoms with E-state index in [1.807, 2.05) is 30.3 Å². The molecule has 0 bridgehead atoms. The molecule has 2 aromatic carbocycles. The standard InChI is InChI=1S/C19H15N3O4/c1-22-10-13(20-21-22)11-25-19-15(23)8-7-14-16(24)9-17(26-18(14)19)12-5-3-2-4-6-12/h2-10,23H,11H2,1H3. The smallest absolute Gasteiger partial charge is 0.205 e. The van der Waals surface area contributed by atoms with Crippen molar-refractivity contribution in [2.45, 2.75) is 6.61 Å². The molecule has 0 unspecified atom stereocenters. The van der Waals surface area contributed by atoms with E-state index in [-0.39, 0.29) is 29.1 Å². The Morgan fingerprint density at radius 3 is 2.73 bits per heavy atom. The van der Waals surface area contributed by atoms with Crippen LogP contribution < -0.4 is 10.2 Å². The van der Waals surface area contributed by atoms with Crippen LogP contribution >= 0.6 is 0 Å². The van der Waals surface area contributed by atoms with E-state index in [0.717, 1.165) is 5.56 Å². The largest absolute Gasteiger partial charge is 0.504 e. The minimum atomic E-state index is -0.213. The van der Waals surface area contributed by atoms with Gasteiger partial charge in [-0.15, -0.1) is 5.10 Å². The average molecular weight is 349 g/mol. The van der Waals surface area contributed by atoms with Crippen molar-refractivity contribution in [3.63, 3.8) is 0 Å². The van der Waals surface area contributed by atoms with Gasteiger partial charge in [0.1, 0.15) is 18.1 Å². The van der Waals surface area contributed by atoms with Crippen LogP contribution in [-0.4, -0.2) is 20.1 Å². The maximum absolute atomic E-state index is 12.5. The lowest BCUT2D eigenvalue weighted by Crippen LogP contribution is -2.03. The number of hydrogen-bond donors (Lipinski definition) is 1. The van der Waals surface area contributed by atoms with Crippen molar-refractivity contribution in [1.82, 2.24) is 15.0 Å². The fourth-order valence-electron chi connectivity index (χ4n) is 2.68. The van der Waals surface area contributed by atoms with Crippen LogP contribution in [0.5, 0.6) is 11.5 Å². The van der Waals surface area contributed by atoms with Crippen LogP contribution in [0.25, 0.3) is 22.3 Å². The number of aromatic nitrogens is 3. The van der Waals surface area contributed by atoms with E-state index < -0.39 is 0 Å². The van der Waals surface area contributed by atoms with E-state index in [1.54, 1.807) is 17.9 Å². The van der Waals surface area contributed by atoms with Gasteiger partial charge < -0.3 is 14.3 Å². The highest BCUT2D eigenvalue weighted by atomic mass is 16.5. The highest BCUT2D eigenvalue weighted by Gasteiger charge is 2.16. The number of rotatable bonds is 4. The summed E-state index contributed by atoms with van der Waals surface area (Å²) in [7, 11) is 1.75.